The Morgan fingerprint density at radius 1 is 0.556 bits per heavy atom. The molecule has 0 saturated carbocycles. The van der Waals surface area contributed by atoms with Crippen molar-refractivity contribution in [2.24, 2.45) is 0 Å². The highest BCUT2D eigenvalue weighted by molar-refractivity contribution is 5.35. The molecule has 0 spiro atoms. The second-order valence-corrected chi connectivity index (χ2v) is 9.17. The Morgan fingerprint density at radius 2 is 1.11 bits per heavy atom. The molecule has 0 nitrogen and oxygen atoms in total. The van der Waals surface area contributed by atoms with Crippen molar-refractivity contribution >= 4 is 0 Å². The molecule has 3 aromatic rings. The number of hydrogen-bond donors (Lipinski definition) is 0. The van der Waals surface area contributed by atoms with Crippen molar-refractivity contribution in [3.8, 4) is 0 Å². The van der Waals surface area contributed by atoms with E-state index < -0.39 is 0 Å². The van der Waals surface area contributed by atoms with Crippen LogP contribution in [0.25, 0.3) is 0 Å². The molecule has 0 heterocycles. The molecule has 0 aliphatic heterocycles. The highest BCUT2D eigenvalue weighted by Gasteiger charge is 2.24. The first kappa shape index (κ1) is 19.4. The normalized spacial score (nSPS) is 12.2. The molecule has 0 aliphatic rings. The molecule has 0 fully saturated rings. The van der Waals surface area contributed by atoms with Gasteiger partial charge in [-0.1, -0.05) is 112 Å². The van der Waals surface area contributed by atoms with Crippen molar-refractivity contribution in [1.82, 2.24) is 0 Å². The van der Waals surface area contributed by atoms with Crippen LogP contribution < -0.4 is 0 Å². The summed E-state index contributed by atoms with van der Waals surface area (Å²) in [6.45, 7) is 11.5. The fourth-order valence-electron chi connectivity index (χ4n) is 3.93. The van der Waals surface area contributed by atoms with Crippen molar-refractivity contribution in [2.45, 2.75) is 58.3 Å². The second kappa shape index (κ2) is 7.72. The van der Waals surface area contributed by atoms with Gasteiger partial charge in [-0.25, -0.2) is 0 Å². The van der Waals surface area contributed by atoms with Gasteiger partial charge in [0.25, 0.3) is 0 Å². The largest absolute Gasteiger partial charge is 0.0622 e. The molecule has 0 aromatic heterocycles. The Morgan fingerprint density at radius 3 is 1.78 bits per heavy atom. The molecule has 0 bridgehead atoms. The van der Waals surface area contributed by atoms with E-state index in [1.165, 1.54) is 27.8 Å². The van der Waals surface area contributed by atoms with Gasteiger partial charge in [-0.05, 0) is 52.8 Å². The maximum atomic E-state index is 2.42. The molecule has 0 heteroatoms. The summed E-state index contributed by atoms with van der Waals surface area (Å²) in [7, 11) is 0. The molecule has 3 aromatic carbocycles. The van der Waals surface area contributed by atoms with Gasteiger partial charge >= 0.3 is 0 Å². The summed E-state index contributed by atoms with van der Waals surface area (Å²) >= 11 is 0. The fraction of sp³-hybridized carbons (Fsp3) is 0.333. The lowest BCUT2D eigenvalue weighted by molar-refractivity contribution is 0.510. The van der Waals surface area contributed by atoms with Crippen LogP contribution in [0.1, 0.15) is 55.5 Å². The number of hydrogen-bond acceptors (Lipinski definition) is 0. The van der Waals surface area contributed by atoms with Gasteiger partial charge in [0.1, 0.15) is 0 Å². The van der Waals surface area contributed by atoms with E-state index in [-0.39, 0.29) is 10.8 Å². The predicted octanol–water partition coefficient (Wildman–Crippen LogP) is 7.04. The van der Waals surface area contributed by atoms with Crippen LogP contribution in [0.4, 0.5) is 0 Å². The van der Waals surface area contributed by atoms with Crippen LogP contribution in [-0.2, 0) is 23.7 Å². The molecule has 0 N–H and O–H groups in total. The van der Waals surface area contributed by atoms with Crippen molar-refractivity contribution in [3.63, 3.8) is 0 Å². The molecule has 0 unspecified atom stereocenters. The Hall–Kier alpha value is -2.34. The van der Waals surface area contributed by atoms with Crippen molar-refractivity contribution in [1.29, 1.82) is 0 Å². The van der Waals surface area contributed by atoms with Crippen LogP contribution in [-0.4, -0.2) is 0 Å². The van der Waals surface area contributed by atoms with Crippen molar-refractivity contribution in [3.05, 3.63) is 107 Å². The van der Waals surface area contributed by atoms with Gasteiger partial charge in [-0.3, -0.25) is 0 Å². The quantitative estimate of drug-likeness (QED) is 0.444. The summed E-state index contributed by atoms with van der Waals surface area (Å²) in [6, 6.07) is 29.0. The van der Waals surface area contributed by atoms with Crippen LogP contribution in [0.15, 0.2) is 78.9 Å². The summed E-state index contributed by atoms with van der Waals surface area (Å²) in [5, 5.41) is 0. The van der Waals surface area contributed by atoms with Gasteiger partial charge in [0.2, 0.25) is 0 Å². The first-order valence-corrected chi connectivity index (χ1v) is 9.97. The van der Waals surface area contributed by atoms with E-state index in [9.17, 15) is 0 Å². The minimum Gasteiger partial charge on any atom is -0.0622 e. The third-order valence-corrected chi connectivity index (χ3v) is 5.68. The molecular weight excluding hydrogens is 324 g/mol. The highest BCUT2D eigenvalue weighted by atomic mass is 14.3. The molecule has 0 saturated heterocycles. The zero-order valence-corrected chi connectivity index (χ0v) is 17.4. The molecule has 0 radical (unpaired) electrons. The van der Waals surface area contributed by atoms with E-state index in [1.54, 1.807) is 0 Å². The smallest absolute Gasteiger partial charge is 0.00631 e. The van der Waals surface area contributed by atoms with Crippen LogP contribution in [0, 0.1) is 6.92 Å². The van der Waals surface area contributed by atoms with E-state index in [2.05, 4.69) is 113 Å². The average molecular weight is 357 g/mol. The molecule has 3 rings (SSSR count). The zero-order chi connectivity index (χ0) is 19.5. The molecule has 0 aliphatic carbocycles. The average Bonchev–Trinajstić information content (AvgIpc) is 2.62. The summed E-state index contributed by atoms with van der Waals surface area (Å²) < 4.78 is 0. The monoisotopic (exact) mass is 356 g/mol. The zero-order valence-electron chi connectivity index (χ0n) is 17.4. The topological polar surface area (TPSA) is 0 Å². The number of aryl methyl sites for hydroxylation is 1. The van der Waals surface area contributed by atoms with Gasteiger partial charge in [0.15, 0.2) is 0 Å². The standard InChI is InChI=1S/C27H32/c1-21-14-16-24(17-15-21)26(2,3)20-23-12-9-13-25(18-23)27(4,5)19-22-10-7-6-8-11-22/h6-18H,19-20H2,1-5H3. The minimum atomic E-state index is 0.116. The lowest BCUT2D eigenvalue weighted by Gasteiger charge is -2.29. The van der Waals surface area contributed by atoms with Gasteiger partial charge < -0.3 is 0 Å². The van der Waals surface area contributed by atoms with Crippen molar-refractivity contribution < 1.29 is 0 Å². The van der Waals surface area contributed by atoms with Crippen molar-refractivity contribution in [2.75, 3.05) is 0 Å². The Labute approximate surface area is 165 Å². The number of benzene rings is 3. The predicted molar refractivity (Wildman–Crippen MR) is 118 cm³/mol. The third-order valence-electron chi connectivity index (χ3n) is 5.68. The highest BCUT2D eigenvalue weighted by Crippen LogP contribution is 2.32. The molecule has 27 heavy (non-hydrogen) atoms. The molecule has 0 amide bonds. The lowest BCUT2D eigenvalue weighted by atomic mass is 9.76. The molecule has 0 atom stereocenters. The first-order chi connectivity index (χ1) is 12.8. The van der Waals surface area contributed by atoms with E-state index in [1.807, 2.05) is 0 Å². The van der Waals surface area contributed by atoms with E-state index in [0.717, 1.165) is 12.8 Å². The van der Waals surface area contributed by atoms with Crippen LogP contribution >= 0.6 is 0 Å². The third kappa shape index (κ3) is 4.89. The Balaban J connectivity index is 1.81. The summed E-state index contributed by atoms with van der Waals surface area (Å²) in [6.07, 6.45) is 2.10. The van der Waals surface area contributed by atoms with E-state index in [0.29, 0.717) is 0 Å². The molecular formula is C27H32. The van der Waals surface area contributed by atoms with Crippen LogP contribution in [0.2, 0.25) is 0 Å². The van der Waals surface area contributed by atoms with E-state index in [4.69, 9.17) is 0 Å². The number of rotatable bonds is 6. The fourth-order valence-corrected chi connectivity index (χ4v) is 3.93. The van der Waals surface area contributed by atoms with Gasteiger partial charge in [0.05, 0.1) is 0 Å². The van der Waals surface area contributed by atoms with Gasteiger partial charge in [-0.15, -0.1) is 0 Å². The first-order valence-electron chi connectivity index (χ1n) is 9.97. The second-order valence-electron chi connectivity index (χ2n) is 9.17. The SMILES string of the molecule is Cc1ccc(C(C)(C)Cc2cccc(C(C)(C)Cc3ccccc3)c2)cc1. The van der Waals surface area contributed by atoms with Crippen LogP contribution in [0.5, 0.6) is 0 Å². The lowest BCUT2D eigenvalue weighted by Crippen LogP contribution is -2.23. The minimum absolute atomic E-state index is 0.116. The summed E-state index contributed by atoms with van der Waals surface area (Å²) in [4.78, 5) is 0. The Kier molecular flexibility index (Phi) is 5.56. The maximum Gasteiger partial charge on any atom is -0.00631 e. The van der Waals surface area contributed by atoms with Crippen LogP contribution in [0.3, 0.4) is 0 Å². The summed E-state index contributed by atoms with van der Waals surface area (Å²) in [5.74, 6) is 0. The summed E-state index contributed by atoms with van der Waals surface area (Å²) in [5.41, 5.74) is 7.19. The molecule has 140 valence electrons. The Bertz CT molecular complexity index is 867. The maximum absolute atomic E-state index is 2.42. The van der Waals surface area contributed by atoms with E-state index >= 15 is 0 Å². The van der Waals surface area contributed by atoms with Gasteiger partial charge in [-0.2, -0.15) is 0 Å². The van der Waals surface area contributed by atoms with Gasteiger partial charge in [0, 0.05) is 0 Å².